The summed E-state index contributed by atoms with van der Waals surface area (Å²) in [6.45, 7) is 10.0. The molecule has 1 atom stereocenters. The van der Waals surface area contributed by atoms with Crippen molar-refractivity contribution in [3.63, 3.8) is 0 Å². The fraction of sp³-hybridized carbons (Fsp3) is 0.324. The van der Waals surface area contributed by atoms with E-state index in [0.29, 0.717) is 27.1 Å². The standard InChI is InChI=1S/C34H35BrN2O10S/c1-17(2)46-28-14-22(29(35)19(4)31(28)43-7)13-26-33(39)36-25(34(40)37(26)21(6)38)12-23-15-27-32(45-16-44-27)20(5)30(23)47-48(41,42)24-10-8-18(3)9-11-24/h8-12,14-15,17,26H,13,16H2,1-7H3,(H,36,39)/b25-12-. The lowest BCUT2D eigenvalue weighted by atomic mass is 9.98. The van der Waals surface area contributed by atoms with Crippen LogP contribution in [0.5, 0.6) is 28.7 Å². The van der Waals surface area contributed by atoms with Crippen LogP contribution in [0.2, 0.25) is 0 Å². The van der Waals surface area contributed by atoms with Gasteiger partial charge in [0.05, 0.1) is 13.2 Å². The zero-order valence-electron chi connectivity index (χ0n) is 27.4. The third-order valence-electron chi connectivity index (χ3n) is 7.80. The molecule has 0 bridgehead atoms. The van der Waals surface area contributed by atoms with Crippen molar-refractivity contribution in [2.24, 2.45) is 0 Å². The van der Waals surface area contributed by atoms with Crippen LogP contribution in [0.3, 0.4) is 0 Å². The van der Waals surface area contributed by atoms with Crippen LogP contribution in [0, 0.1) is 20.8 Å². The Morgan fingerprint density at radius 1 is 1.08 bits per heavy atom. The van der Waals surface area contributed by atoms with Crippen LogP contribution in [0.4, 0.5) is 0 Å². The van der Waals surface area contributed by atoms with Gasteiger partial charge in [0, 0.05) is 34.5 Å². The summed E-state index contributed by atoms with van der Waals surface area (Å²) in [7, 11) is -2.81. The second-order valence-electron chi connectivity index (χ2n) is 11.6. The lowest BCUT2D eigenvalue weighted by molar-refractivity contribution is -0.152. The van der Waals surface area contributed by atoms with E-state index in [1.165, 1.54) is 38.3 Å². The topological polar surface area (TPSA) is 147 Å². The van der Waals surface area contributed by atoms with Gasteiger partial charge in [-0.15, -0.1) is 0 Å². The highest BCUT2D eigenvalue weighted by Gasteiger charge is 2.41. The summed E-state index contributed by atoms with van der Waals surface area (Å²) in [6, 6.07) is 8.06. The van der Waals surface area contributed by atoms with E-state index in [9.17, 15) is 22.8 Å². The average Bonchev–Trinajstić information content (AvgIpc) is 3.49. The molecule has 3 amide bonds. The van der Waals surface area contributed by atoms with E-state index in [4.69, 9.17) is 23.1 Å². The molecule has 2 aliphatic heterocycles. The molecule has 1 N–H and O–H groups in total. The van der Waals surface area contributed by atoms with E-state index < -0.39 is 33.9 Å². The number of methoxy groups -OCH3 is 1. The number of fused-ring (bicyclic) bond motifs is 1. The maximum atomic E-state index is 13.9. The molecule has 254 valence electrons. The number of hydrogen-bond donors (Lipinski definition) is 1. The van der Waals surface area contributed by atoms with Crippen molar-refractivity contribution in [3.8, 4) is 28.7 Å². The highest BCUT2D eigenvalue weighted by molar-refractivity contribution is 9.10. The lowest BCUT2D eigenvalue weighted by Gasteiger charge is -2.34. The Bertz CT molecular complexity index is 1960. The van der Waals surface area contributed by atoms with E-state index in [1.54, 1.807) is 25.1 Å². The Hall–Kier alpha value is -4.56. The van der Waals surface area contributed by atoms with E-state index in [0.717, 1.165) is 16.0 Å². The van der Waals surface area contributed by atoms with Crippen molar-refractivity contribution in [3.05, 3.63) is 74.4 Å². The SMILES string of the molecule is COc1c(OC(C)C)cc(CC2C(=O)N/C(=C\c3cc4c(c(C)c3OS(=O)(=O)c3ccc(C)cc3)OCO4)C(=O)N2C(C)=O)c(Br)c1C. The molecule has 3 aromatic rings. The molecule has 0 aromatic heterocycles. The van der Waals surface area contributed by atoms with Crippen LogP contribution in [0.15, 0.2) is 51.5 Å². The number of benzene rings is 3. The van der Waals surface area contributed by atoms with Crippen LogP contribution < -0.4 is 28.4 Å². The minimum atomic E-state index is -4.34. The third kappa shape index (κ3) is 6.72. The molecule has 2 aliphatic rings. The summed E-state index contributed by atoms with van der Waals surface area (Å²) in [6.07, 6.45) is 1.05. The zero-order chi connectivity index (χ0) is 35.1. The van der Waals surface area contributed by atoms with Crippen LogP contribution in [-0.2, 0) is 30.9 Å². The van der Waals surface area contributed by atoms with Gasteiger partial charge < -0.3 is 28.4 Å². The van der Waals surface area contributed by atoms with Gasteiger partial charge in [0.1, 0.15) is 16.6 Å². The van der Waals surface area contributed by atoms with E-state index in [1.807, 2.05) is 27.7 Å². The predicted molar refractivity (Wildman–Crippen MR) is 179 cm³/mol. The van der Waals surface area contributed by atoms with E-state index >= 15 is 0 Å². The van der Waals surface area contributed by atoms with Crippen molar-refractivity contribution in [1.82, 2.24) is 10.2 Å². The largest absolute Gasteiger partial charge is 0.493 e. The van der Waals surface area contributed by atoms with Crippen LogP contribution in [0.25, 0.3) is 6.08 Å². The van der Waals surface area contributed by atoms with Crippen molar-refractivity contribution in [1.29, 1.82) is 0 Å². The fourth-order valence-corrected chi connectivity index (χ4v) is 6.98. The minimum Gasteiger partial charge on any atom is -0.493 e. The molecule has 1 fully saturated rings. The van der Waals surface area contributed by atoms with Crippen LogP contribution >= 0.6 is 15.9 Å². The van der Waals surface area contributed by atoms with Crippen LogP contribution in [0.1, 0.15) is 48.6 Å². The molecule has 0 radical (unpaired) electrons. The van der Waals surface area contributed by atoms with Gasteiger partial charge in [-0.3, -0.25) is 19.3 Å². The number of hydrogen-bond acceptors (Lipinski definition) is 10. The maximum absolute atomic E-state index is 13.9. The number of amides is 3. The number of ether oxygens (including phenoxy) is 4. The minimum absolute atomic E-state index is 0.0312. The summed E-state index contributed by atoms with van der Waals surface area (Å²) in [5.74, 6) is -0.700. The summed E-state index contributed by atoms with van der Waals surface area (Å²) in [5.41, 5.74) is 2.31. The molecular weight excluding hydrogens is 708 g/mol. The first-order valence-electron chi connectivity index (χ1n) is 15.0. The predicted octanol–water partition coefficient (Wildman–Crippen LogP) is 5.12. The average molecular weight is 744 g/mol. The number of nitrogens with zero attached hydrogens (tertiary/aromatic N) is 1. The van der Waals surface area contributed by atoms with Crippen molar-refractivity contribution < 1.29 is 45.9 Å². The first kappa shape index (κ1) is 34.8. The van der Waals surface area contributed by atoms with Gasteiger partial charge in [0.15, 0.2) is 28.7 Å². The Kier molecular flexibility index (Phi) is 9.79. The van der Waals surface area contributed by atoms with Gasteiger partial charge >= 0.3 is 10.1 Å². The first-order chi connectivity index (χ1) is 22.6. The second-order valence-corrected chi connectivity index (χ2v) is 14.0. The van der Waals surface area contributed by atoms with Crippen molar-refractivity contribution in [2.45, 2.75) is 65.0 Å². The van der Waals surface area contributed by atoms with Crippen LogP contribution in [-0.4, -0.2) is 57.1 Å². The molecule has 0 saturated carbocycles. The zero-order valence-corrected chi connectivity index (χ0v) is 29.8. The number of rotatable bonds is 9. The smallest absolute Gasteiger partial charge is 0.339 e. The van der Waals surface area contributed by atoms with Crippen molar-refractivity contribution >= 4 is 49.8 Å². The lowest BCUT2D eigenvalue weighted by Crippen LogP contribution is -2.59. The molecule has 12 nitrogen and oxygen atoms in total. The van der Waals surface area contributed by atoms with Gasteiger partial charge in [-0.1, -0.05) is 33.6 Å². The number of carbonyl (C=O) groups excluding carboxylic acids is 3. The number of aryl methyl sites for hydroxylation is 1. The highest BCUT2D eigenvalue weighted by Crippen LogP contribution is 2.45. The molecular formula is C34H35BrN2O10S. The monoisotopic (exact) mass is 742 g/mol. The van der Waals surface area contributed by atoms with Gasteiger partial charge in [-0.2, -0.15) is 8.42 Å². The second kappa shape index (κ2) is 13.5. The number of nitrogens with one attached hydrogen (secondary N) is 1. The quantitative estimate of drug-likeness (QED) is 0.231. The molecule has 0 aliphatic carbocycles. The van der Waals surface area contributed by atoms with Gasteiger partial charge in [-0.05, 0) is 70.5 Å². The number of piperazine rings is 1. The molecule has 5 rings (SSSR count). The summed E-state index contributed by atoms with van der Waals surface area (Å²) in [5, 5.41) is 2.62. The van der Waals surface area contributed by atoms with Gasteiger partial charge in [0.2, 0.25) is 18.6 Å². The summed E-state index contributed by atoms with van der Waals surface area (Å²) >= 11 is 3.58. The fourth-order valence-electron chi connectivity index (χ4n) is 5.52. The Balaban J connectivity index is 1.54. The molecule has 48 heavy (non-hydrogen) atoms. The Morgan fingerprint density at radius 2 is 1.77 bits per heavy atom. The van der Waals surface area contributed by atoms with E-state index in [-0.39, 0.29) is 52.7 Å². The molecule has 1 unspecified atom stereocenters. The Labute approximate surface area is 287 Å². The number of imide groups is 1. The normalized spacial score (nSPS) is 16.7. The molecule has 2 heterocycles. The summed E-state index contributed by atoms with van der Waals surface area (Å²) in [4.78, 5) is 41.3. The first-order valence-corrected chi connectivity index (χ1v) is 17.2. The number of carbonyl (C=O) groups is 3. The highest BCUT2D eigenvalue weighted by atomic mass is 79.9. The Morgan fingerprint density at radius 3 is 2.40 bits per heavy atom. The van der Waals surface area contributed by atoms with E-state index in [2.05, 4.69) is 21.2 Å². The molecule has 0 spiro atoms. The van der Waals surface area contributed by atoms with Crippen molar-refractivity contribution in [2.75, 3.05) is 13.9 Å². The maximum Gasteiger partial charge on any atom is 0.339 e. The molecule has 14 heteroatoms. The molecule has 1 saturated heterocycles. The number of halogens is 1. The molecule has 3 aromatic carbocycles. The van der Waals surface area contributed by atoms with Gasteiger partial charge in [-0.25, -0.2) is 0 Å². The summed E-state index contributed by atoms with van der Waals surface area (Å²) < 4.78 is 55.5. The van der Waals surface area contributed by atoms with Gasteiger partial charge in [0.25, 0.3) is 5.91 Å². The third-order valence-corrected chi connectivity index (χ3v) is 10.1.